The second-order valence-corrected chi connectivity index (χ2v) is 6.72. The number of nitrogens with one attached hydrogen (secondary N) is 1. The molecule has 0 saturated heterocycles. The summed E-state index contributed by atoms with van der Waals surface area (Å²) in [5.41, 5.74) is 0.500. The quantitative estimate of drug-likeness (QED) is 0.848. The summed E-state index contributed by atoms with van der Waals surface area (Å²) in [6, 6.07) is 1.79. The van der Waals surface area contributed by atoms with Crippen LogP contribution in [0.1, 0.15) is 37.3 Å². The summed E-state index contributed by atoms with van der Waals surface area (Å²) in [6.45, 7) is 1.52. The van der Waals surface area contributed by atoms with E-state index in [0.717, 1.165) is 18.6 Å². The van der Waals surface area contributed by atoms with Gasteiger partial charge >= 0.3 is 0 Å². The van der Waals surface area contributed by atoms with E-state index in [4.69, 9.17) is 9.05 Å². The molecule has 0 unspecified atom stereocenters. The van der Waals surface area contributed by atoms with Gasteiger partial charge in [-0.3, -0.25) is 0 Å². The maximum absolute atomic E-state index is 11.3. The molecule has 1 saturated carbocycles. The van der Waals surface area contributed by atoms with E-state index in [1.54, 1.807) is 13.0 Å². The minimum atomic E-state index is -3.28. The van der Waals surface area contributed by atoms with Crippen molar-refractivity contribution in [2.45, 2.75) is 32.2 Å². The third-order valence-electron chi connectivity index (χ3n) is 3.03. The van der Waals surface area contributed by atoms with Gasteiger partial charge in [0, 0.05) is 12.0 Å². The van der Waals surface area contributed by atoms with Crippen molar-refractivity contribution < 1.29 is 17.5 Å². The van der Waals surface area contributed by atoms with Gasteiger partial charge in [-0.2, -0.15) is 4.98 Å². The van der Waals surface area contributed by atoms with Gasteiger partial charge in [0.15, 0.2) is 5.69 Å². The Bertz CT molecular complexity index is 702. The van der Waals surface area contributed by atoms with Crippen molar-refractivity contribution in [1.29, 1.82) is 0 Å². The van der Waals surface area contributed by atoms with Crippen LogP contribution in [0.4, 0.5) is 0 Å². The van der Waals surface area contributed by atoms with Gasteiger partial charge in [0.2, 0.25) is 21.7 Å². The molecule has 1 aliphatic rings. The highest BCUT2D eigenvalue weighted by atomic mass is 32.2. The molecule has 2 aromatic rings. The largest absolute Gasteiger partial charge is 0.360 e. The first kappa shape index (κ1) is 13.3. The standard InChI is InChI=1S/C11H14N4O4S/c1-2-20(16,17)12-6-10-13-11(15-19-10)8-5-9(18-14-8)7-3-4-7/h5,7,12H,2-4,6H2,1H3. The summed E-state index contributed by atoms with van der Waals surface area (Å²) >= 11 is 0. The van der Waals surface area contributed by atoms with Gasteiger partial charge in [-0.15, -0.1) is 0 Å². The van der Waals surface area contributed by atoms with Gasteiger partial charge in [0.1, 0.15) is 5.76 Å². The highest BCUT2D eigenvalue weighted by Gasteiger charge is 2.28. The minimum Gasteiger partial charge on any atom is -0.360 e. The zero-order chi connectivity index (χ0) is 14.2. The van der Waals surface area contributed by atoms with Crippen LogP contribution in [0.15, 0.2) is 15.1 Å². The monoisotopic (exact) mass is 298 g/mol. The third-order valence-corrected chi connectivity index (χ3v) is 4.37. The molecule has 20 heavy (non-hydrogen) atoms. The van der Waals surface area contributed by atoms with E-state index in [2.05, 4.69) is 20.0 Å². The van der Waals surface area contributed by atoms with Crippen molar-refractivity contribution in [2.75, 3.05) is 5.75 Å². The van der Waals surface area contributed by atoms with Crippen LogP contribution in [-0.4, -0.2) is 29.5 Å². The van der Waals surface area contributed by atoms with Crippen LogP contribution in [-0.2, 0) is 16.6 Å². The number of sulfonamides is 1. The Morgan fingerprint density at radius 1 is 1.35 bits per heavy atom. The lowest BCUT2D eigenvalue weighted by Crippen LogP contribution is -2.24. The van der Waals surface area contributed by atoms with E-state index in [-0.39, 0.29) is 18.2 Å². The molecule has 0 radical (unpaired) electrons. The zero-order valence-electron chi connectivity index (χ0n) is 10.9. The van der Waals surface area contributed by atoms with Gasteiger partial charge < -0.3 is 9.05 Å². The average molecular weight is 298 g/mol. The fourth-order valence-electron chi connectivity index (χ4n) is 1.66. The van der Waals surface area contributed by atoms with E-state index >= 15 is 0 Å². The molecular formula is C11H14N4O4S. The Morgan fingerprint density at radius 3 is 2.85 bits per heavy atom. The predicted octanol–water partition coefficient (Wildman–Crippen LogP) is 1.04. The van der Waals surface area contributed by atoms with Crippen LogP contribution < -0.4 is 4.72 Å². The predicted molar refractivity (Wildman–Crippen MR) is 68.1 cm³/mol. The molecule has 9 heteroatoms. The molecule has 0 aliphatic heterocycles. The fourth-order valence-corrected chi connectivity index (χ4v) is 2.21. The Kier molecular flexibility index (Phi) is 3.30. The topological polar surface area (TPSA) is 111 Å². The molecule has 0 bridgehead atoms. The summed E-state index contributed by atoms with van der Waals surface area (Å²) in [5.74, 6) is 1.78. The Balaban J connectivity index is 1.69. The molecule has 1 fully saturated rings. The van der Waals surface area contributed by atoms with Crippen molar-refractivity contribution >= 4 is 10.0 Å². The molecule has 1 aliphatic carbocycles. The maximum atomic E-state index is 11.3. The van der Waals surface area contributed by atoms with Crippen LogP contribution in [0.3, 0.4) is 0 Å². The molecule has 2 aromatic heterocycles. The first-order chi connectivity index (χ1) is 9.57. The smallest absolute Gasteiger partial charge is 0.242 e. The lowest BCUT2D eigenvalue weighted by atomic mass is 10.3. The van der Waals surface area contributed by atoms with E-state index in [0.29, 0.717) is 17.4 Å². The van der Waals surface area contributed by atoms with E-state index < -0.39 is 10.0 Å². The summed E-state index contributed by atoms with van der Waals surface area (Å²) in [5, 5.41) is 7.65. The maximum Gasteiger partial charge on any atom is 0.242 e. The fraction of sp³-hybridized carbons (Fsp3) is 0.545. The van der Waals surface area contributed by atoms with Gasteiger partial charge in [0.25, 0.3) is 0 Å². The molecule has 0 spiro atoms. The van der Waals surface area contributed by atoms with Crippen molar-refractivity contribution in [2.24, 2.45) is 0 Å². The molecule has 8 nitrogen and oxygen atoms in total. The molecule has 2 heterocycles. The molecule has 0 atom stereocenters. The van der Waals surface area contributed by atoms with E-state index in [9.17, 15) is 8.42 Å². The van der Waals surface area contributed by atoms with Crippen LogP contribution >= 0.6 is 0 Å². The number of rotatable bonds is 6. The first-order valence-corrected chi connectivity index (χ1v) is 7.99. The van der Waals surface area contributed by atoms with Gasteiger partial charge in [-0.05, 0) is 19.8 Å². The summed E-state index contributed by atoms with van der Waals surface area (Å²) in [4.78, 5) is 4.08. The van der Waals surface area contributed by atoms with Gasteiger partial charge in [0.05, 0.1) is 12.3 Å². The van der Waals surface area contributed by atoms with E-state index in [1.807, 2.05) is 0 Å². The molecule has 0 aromatic carbocycles. The highest BCUT2D eigenvalue weighted by molar-refractivity contribution is 7.89. The molecule has 3 rings (SSSR count). The van der Waals surface area contributed by atoms with Crippen molar-refractivity contribution in [3.8, 4) is 11.5 Å². The highest BCUT2D eigenvalue weighted by Crippen LogP contribution is 2.40. The summed E-state index contributed by atoms with van der Waals surface area (Å²) < 4.78 is 35.1. The Morgan fingerprint density at radius 2 is 2.15 bits per heavy atom. The summed E-state index contributed by atoms with van der Waals surface area (Å²) in [7, 11) is -3.28. The molecule has 0 amide bonds. The number of hydrogen-bond acceptors (Lipinski definition) is 7. The minimum absolute atomic E-state index is 0.00201. The lowest BCUT2D eigenvalue weighted by Gasteiger charge is -1.99. The van der Waals surface area contributed by atoms with Gasteiger partial charge in [-0.1, -0.05) is 10.3 Å². The Hall–Kier alpha value is -1.74. The van der Waals surface area contributed by atoms with Crippen molar-refractivity contribution in [1.82, 2.24) is 20.0 Å². The van der Waals surface area contributed by atoms with Crippen LogP contribution in [0, 0.1) is 0 Å². The second kappa shape index (κ2) is 4.98. The third kappa shape index (κ3) is 2.88. The lowest BCUT2D eigenvalue weighted by molar-refractivity contribution is 0.373. The Labute approximate surface area is 115 Å². The number of hydrogen-bond donors (Lipinski definition) is 1. The SMILES string of the molecule is CCS(=O)(=O)NCc1nc(-c2cc(C3CC3)on2)no1. The van der Waals surface area contributed by atoms with Crippen molar-refractivity contribution in [3.63, 3.8) is 0 Å². The normalized spacial score (nSPS) is 15.7. The molecular weight excluding hydrogens is 284 g/mol. The van der Waals surface area contributed by atoms with E-state index in [1.165, 1.54) is 0 Å². The summed E-state index contributed by atoms with van der Waals surface area (Å²) in [6.07, 6.45) is 2.23. The average Bonchev–Trinajstić information content (AvgIpc) is 2.99. The number of nitrogens with zero attached hydrogens (tertiary/aromatic N) is 3. The first-order valence-electron chi connectivity index (χ1n) is 6.34. The number of aromatic nitrogens is 3. The molecule has 1 N–H and O–H groups in total. The van der Waals surface area contributed by atoms with Crippen LogP contribution in [0.25, 0.3) is 11.5 Å². The van der Waals surface area contributed by atoms with Crippen LogP contribution in [0.5, 0.6) is 0 Å². The zero-order valence-corrected chi connectivity index (χ0v) is 11.7. The molecule has 108 valence electrons. The van der Waals surface area contributed by atoms with Crippen molar-refractivity contribution in [3.05, 3.63) is 17.7 Å². The van der Waals surface area contributed by atoms with Gasteiger partial charge in [-0.25, -0.2) is 13.1 Å². The van der Waals surface area contributed by atoms with Crippen LogP contribution in [0.2, 0.25) is 0 Å². The second-order valence-electron chi connectivity index (χ2n) is 4.63.